The highest BCUT2D eigenvalue weighted by molar-refractivity contribution is 5.73. The number of rotatable bonds is 2. The minimum absolute atomic E-state index is 0.154. The summed E-state index contributed by atoms with van der Waals surface area (Å²) in [6.07, 6.45) is 1.10. The maximum absolute atomic E-state index is 5.43. The van der Waals surface area contributed by atoms with E-state index in [1.807, 2.05) is 0 Å². The third-order valence-corrected chi connectivity index (χ3v) is 2.54. The van der Waals surface area contributed by atoms with E-state index in [2.05, 4.69) is 25.8 Å². The molecule has 3 nitrogen and oxygen atoms in total. The molecule has 1 heterocycles. The van der Waals surface area contributed by atoms with Crippen LogP contribution in [0.3, 0.4) is 0 Å². The van der Waals surface area contributed by atoms with Crippen LogP contribution in [0.25, 0.3) is 0 Å². The van der Waals surface area contributed by atoms with Gasteiger partial charge in [0.25, 0.3) is 6.02 Å². The topological polar surface area (TPSA) is 47.6 Å². The van der Waals surface area contributed by atoms with Crippen LogP contribution in [0.1, 0.15) is 27.2 Å². The van der Waals surface area contributed by atoms with Crippen molar-refractivity contribution in [2.75, 3.05) is 6.54 Å². The molecule has 0 fully saturated rings. The first-order valence-corrected chi connectivity index (χ1v) is 4.07. The number of hydrogen-bond acceptors (Lipinski definition) is 3. The summed E-state index contributed by atoms with van der Waals surface area (Å²) >= 11 is 0. The summed E-state index contributed by atoms with van der Waals surface area (Å²) in [6.45, 7) is 7.07. The van der Waals surface area contributed by atoms with Crippen LogP contribution in [0.15, 0.2) is 4.99 Å². The lowest BCUT2D eigenvalue weighted by Gasteiger charge is -2.28. The molecule has 0 radical (unpaired) electrons. The first kappa shape index (κ1) is 8.37. The van der Waals surface area contributed by atoms with Crippen molar-refractivity contribution < 1.29 is 4.74 Å². The highest BCUT2D eigenvalue weighted by Crippen LogP contribution is 2.27. The number of nitrogens with zero attached hydrogens (tertiary/aromatic N) is 1. The predicted molar refractivity (Wildman–Crippen MR) is 45.4 cm³/mol. The van der Waals surface area contributed by atoms with Gasteiger partial charge in [0.05, 0.1) is 6.54 Å². The average Bonchev–Trinajstić information content (AvgIpc) is 2.31. The molecule has 0 aliphatic carbocycles. The van der Waals surface area contributed by atoms with Gasteiger partial charge in [-0.2, -0.15) is 0 Å². The minimum atomic E-state index is -0.154. The Hall–Kier alpha value is -0.730. The Labute approximate surface area is 67.6 Å². The van der Waals surface area contributed by atoms with E-state index >= 15 is 0 Å². The van der Waals surface area contributed by atoms with E-state index in [0.29, 0.717) is 18.5 Å². The van der Waals surface area contributed by atoms with Gasteiger partial charge in [0.2, 0.25) is 0 Å². The lowest BCUT2D eigenvalue weighted by atomic mass is 9.89. The largest absolute Gasteiger partial charge is 0.457 e. The first-order chi connectivity index (χ1) is 5.08. The molecule has 0 aromatic carbocycles. The fourth-order valence-corrected chi connectivity index (χ4v) is 1.23. The molecule has 0 bridgehead atoms. The summed E-state index contributed by atoms with van der Waals surface area (Å²) in [4.78, 5) is 4.03. The fraction of sp³-hybridized carbons (Fsp3) is 0.875. The van der Waals surface area contributed by atoms with Gasteiger partial charge in [0.15, 0.2) is 0 Å². The predicted octanol–water partition coefficient (Wildman–Crippen LogP) is 1.14. The van der Waals surface area contributed by atoms with Gasteiger partial charge in [0, 0.05) is 0 Å². The molecule has 11 heavy (non-hydrogen) atoms. The molecule has 2 atom stereocenters. The van der Waals surface area contributed by atoms with E-state index in [1.54, 1.807) is 0 Å². The van der Waals surface area contributed by atoms with Gasteiger partial charge in [-0.3, -0.25) is 0 Å². The van der Waals surface area contributed by atoms with Gasteiger partial charge in [-0.15, -0.1) is 0 Å². The van der Waals surface area contributed by atoms with Crippen molar-refractivity contribution in [3.8, 4) is 0 Å². The van der Waals surface area contributed by atoms with Crippen molar-refractivity contribution in [3.63, 3.8) is 0 Å². The monoisotopic (exact) mass is 156 g/mol. The van der Waals surface area contributed by atoms with Crippen LogP contribution in [0.5, 0.6) is 0 Å². The fourth-order valence-electron chi connectivity index (χ4n) is 1.23. The van der Waals surface area contributed by atoms with Gasteiger partial charge in [-0.25, -0.2) is 4.99 Å². The average molecular weight is 156 g/mol. The summed E-state index contributed by atoms with van der Waals surface area (Å²) in [7, 11) is 0. The molecule has 0 saturated carbocycles. The Balaban J connectivity index is 2.58. The van der Waals surface area contributed by atoms with E-state index < -0.39 is 0 Å². The highest BCUT2D eigenvalue weighted by Gasteiger charge is 2.36. The third-order valence-electron chi connectivity index (χ3n) is 2.54. The summed E-state index contributed by atoms with van der Waals surface area (Å²) < 4.78 is 5.43. The Morgan fingerprint density at radius 3 is 2.82 bits per heavy atom. The summed E-state index contributed by atoms with van der Waals surface area (Å²) in [5.41, 5.74) is 5.28. The number of aliphatic imine (C=N–C) groups is 1. The summed E-state index contributed by atoms with van der Waals surface area (Å²) in [5, 5.41) is 0. The summed E-state index contributed by atoms with van der Waals surface area (Å²) in [5.74, 6) is 0.507. The zero-order valence-corrected chi connectivity index (χ0v) is 7.42. The first-order valence-electron chi connectivity index (χ1n) is 4.07. The minimum Gasteiger partial charge on any atom is -0.457 e. The van der Waals surface area contributed by atoms with Crippen molar-refractivity contribution in [2.45, 2.75) is 32.8 Å². The lowest BCUT2D eigenvalue weighted by molar-refractivity contribution is 0.0467. The van der Waals surface area contributed by atoms with Crippen LogP contribution in [0, 0.1) is 5.92 Å². The molecule has 1 rings (SSSR count). The molecule has 0 spiro atoms. The van der Waals surface area contributed by atoms with E-state index in [1.165, 1.54) is 0 Å². The molecular formula is C8H16N2O. The second-order valence-corrected chi connectivity index (χ2v) is 3.38. The highest BCUT2D eigenvalue weighted by atomic mass is 16.5. The molecule has 2 unspecified atom stereocenters. The van der Waals surface area contributed by atoms with E-state index in [9.17, 15) is 0 Å². The third kappa shape index (κ3) is 1.47. The van der Waals surface area contributed by atoms with Crippen molar-refractivity contribution >= 4 is 6.02 Å². The number of hydrogen-bond donors (Lipinski definition) is 1. The zero-order chi connectivity index (χ0) is 8.48. The van der Waals surface area contributed by atoms with Gasteiger partial charge in [-0.1, -0.05) is 13.8 Å². The number of nitrogens with two attached hydrogens (primary N) is 1. The van der Waals surface area contributed by atoms with E-state index in [0.717, 1.165) is 6.42 Å². The quantitative estimate of drug-likeness (QED) is 0.651. The van der Waals surface area contributed by atoms with Gasteiger partial charge in [0.1, 0.15) is 5.60 Å². The van der Waals surface area contributed by atoms with Crippen molar-refractivity contribution in [1.29, 1.82) is 0 Å². The molecule has 0 aromatic rings. The molecule has 2 N–H and O–H groups in total. The molecule has 0 saturated heterocycles. The Morgan fingerprint density at radius 2 is 2.45 bits per heavy atom. The van der Waals surface area contributed by atoms with Crippen LogP contribution in [0.2, 0.25) is 0 Å². The summed E-state index contributed by atoms with van der Waals surface area (Å²) in [6, 6.07) is 0.341. The van der Waals surface area contributed by atoms with Crippen LogP contribution in [-0.4, -0.2) is 18.2 Å². The standard InChI is InChI=1S/C8H16N2O/c1-4-6(2)8(3)5-10-7(9)11-8/h6H,4-5H2,1-3H3,(H2,9,10). The second kappa shape index (κ2) is 2.72. The molecule has 0 aromatic heterocycles. The maximum Gasteiger partial charge on any atom is 0.282 e. The van der Waals surface area contributed by atoms with Crippen molar-refractivity contribution in [2.24, 2.45) is 16.6 Å². The van der Waals surface area contributed by atoms with Crippen molar-refractivity contribution in [3.05, 3.63) is 0 Å². The van der Waals surface area contributed by atoms with Gasteiger partial charge in [-0.05, 0) is 19.3 Å². The molecule has 3 heteroatoms. The molecule has 64 valence electrons. The normalized spacial score (nSPS) is 32.8. The van der Waals surface area contributed by atoms with Crippen LogP contribution in [0.4, 0.5) is 0 Å². The smallest absolute Gasteiger partial charge is 0.282 e. The zero-order valence-electron chi connectivity index (χ0n) is 7.42. The SMILES string of the molecule is CCC(C)C1(C)CN=C(N)O1. The molecule has 1 aliphatic heterocycles. The van der Waals surface area contributed by atoms with E-state index in [-0.39, 0.29) is 5.60 Å². The van der Waals surface area contributed by atoms with Crippen LogP contribution >= 0.6 is 0 Å². The van der Waals surface area contributed by atoms with E-state index in [4.69, 9.17) is 10.5 Å². The van der Waals surface area contributed by atoms with Crippen LogP contribution in [-0.2, 0) is 4.74 Å². The number of ether oxygens (including phenoxy) is 1. The lowest BCUT2D eigenvalue weighted by Crippen LogP contribution is -2.37. The molecule has 0 amide bonds. The Morgan fingerprint density at radius 1 is 1.82 bits per heavy atom. The Kier molecular flexibility index (Phi) is 2.07. The Bertz CT molecular complexity index is 179. The molecular weight excluding hydrogens is 140 g/mol. The van der Waals surface area contributed by atoms with Gasteiger partial charge < -0.3 is 10.5 Å². The second-order valence-electron chi connectivity index (χ2n) is 3.38. The van der Waals surface area contributed by atoms with Crippen LogP contribution < -0.4 is 5.73 Å². The maximum atomic E-state index is 5.43. The van der Waals surface area contributed by atoms with Crippen molar-refractivity contribution in [1.82, 2.24) is 0 Å². The molecule has 1 aliphatic rings. The van der Waals surface area contributed by atoms with Gasteiger partial charge >= 0.3 is 0 Å². The number of amidine groups is 1.